The molecule has 0 amide bonds. The van der Waals surface area contributed by atoms with Crippen molar-refractivity contribution < 1.29 is 4.74 Å². The lowest BCUT2D eigenvalue weighted by Gasteiger charge is -2.11. The minimum atomic E-state index is 0.589. The molecule has 1 heterocycles. The summed E-state index contributed by atoms with van der Waals surface area (Å²) in [6, 6.07) is 3.93. The first-order chi connectivity index (χ1) is 7.63. The van der Waals surface area contributed by atoms with Crippen LogP contribution in [0.25, 0.3) is 0 Å². The maximum atomic E-state index is 5.14. The van der Waals surface area contributed by atoms with Crippen LogP contribution < -0.4 is 10.6 Å². The molecule has 0 spiro atoms. The summed E-state index contributed by atoms with van der Waals surface area (Å²) in [5, 5.41) is 6.73. The van der Waals surface area contributed by atoms with E-state index in [9.17, 15) is 0 Å². The molecule has 0 bridgehead atoms. The maximum Gasteiger partial charge on any atom is 0.170 e. The number of hydrogen-bond donors (Lipinski definition) is 2. The Balaban J connectivity index is 2.49. The van der Waals surface area contributed by atoms with Crippen molar-refractivity contribution in [1.82, 2.24) is 10.3 Å². The van der Waals surface area contributed by atoms with E-state index < -0.39 is 0 Å². The second-order valence-electron chi connectivity index (χ2n) is 3.46. The fourth-order valence-corrected chi connectivity index (χ4v) is 1.46. The van der Waals surface area contributed by atoms with Crippen molar-refractivity contribution in [3.63, 3.8) is 0 Å². The third-order valence-electron chi connectivity index (χ3n) is 2.06. The van der Waals surface area contributed by atoms with Gasteiger partial charge in [-0.1, -0.05) is 0 Å². The van der Waals surface area contributed by atoms with Crippen LogP contribution in [0.3, 0.4) is 0 Å². The predicted octanol–water partition coefficient (Wildman–Crippen LogP) is 1.63. The van der Waals surface area contributed by atoms with Crippen LogP contribution in [0.15, 0.2) is 12.1 Å². The van der Waals surface area contributed by atoms with E-state index in [0.717, 1.165) is 17.1 Å². The van der Waals surface area contributed by atoms with Crippen molar-refractivity contribution in [1.29, 1.82) is 0 Å². The molecule has 0 radical (unpaired) electrons. The molecule has 0 aromatic carbocycles. The van der Waals surface area contributed by atoms with Crippen LogP contribution in [0.2, 0.25) is 0 Å². The minimum Gasteiger partial charge on any atom is -0.383 e. The molecule has 0 saturated heterocycles. The molecule has 4 nitrogen and oxygen atoms in total. The van der Waals surface area contributed by atoms with Gasteiger partial charge in [-0.2, -0.15) is 0 Å². The zero-order chi connectivity index (χ0) is 12.0. The number of thiocarbonyl (C=S) groups is 1. The molecule has 0 unspecified atom stereocenters. The van der Waals surface area contributed by atoms with E-state index >= 15 is 0 Å². The first-order valence-electron chi connectivity index (χ1n) is 5.11. The fourth-order valence-electron chi connectivity index (χ4n) is 1.25. The predicted molar refractivity (Wildman–Crippen MR) is 69.8 cm³/mol. The number of anilines is 1. The molecule has 1 aromatic heterocycles. The molecule has 0 aliphatic rings. The Morgan fingerprint density at radius 1 is 1.44 bits per heavy atom. The fraction of sp³-hybridized carbons (Fsp3) is 0.455. The van der Waals surface area contributed by atoms with Gasteiger partial charge in [0.2, 0.25) is 0 Å². The number of aryl methyl sites for hydroxylation is 2. The van der Waals surface area contributed by atoms with Gasteiger partial charge >= 0.3 is 0 Å². The standard InChI is InChI=1S/C11H17N3OS/c1-8-4-5-10(9(2)13-8)14-11(16)12-6-7-15-3/h4-5H,6-7H2,1-3H3,(H2,12,14,16). The van der Waals surface area contributed by atoms with E-state index in [2.05, 4.69) is 15.6 Å². The van der Waals surface area contributed by atoms with Crippen LogP contribution in [0, 0.1) is 13.8 Å². The van der Waals surface area contributed by atoms with Crippen LogP contribution >= 0.6 is 12.2 Å². The average Bonchev–Trinajstić information content (AvgIpc) is 2.23. The number of pyridine rings is 1. The summed E-state index contributed by atoms with van der Waals surface area (Å²) in [6.07, 6.45) is 0. The van der Waals surface area contributed by atoms with Gasteiger partial charge in [0.1, 0.15) is 0 Å². The van der Waals surface area contributed by atoms with Crippen molar-refractivity contribution in [2.45, 2.75) is 13.8 Å². The van der Waals surface area contributed by atoms with Crippen molar-refractivity contribution in [3.8, 4) is 0 Å². The second-order valence-corrected chi connectivity index (χ2v) is 3.87. The Labute approximate surface area is 101 Å². The summed E-state index contributed by atoms with van der Waals surface area (Å²) in [4.78, 5) is 4.35. The molecule has 16 heavy (non-hydrogen) atoms. The summed E-state index contributed by atoms with van der Waals surface area (Å²) in [6.45, 7) is 5.24. The van der Waals surface area contributed by atoms with Gasteiger partial charge in [0.15, 0.2) is 5.11 Å². The van der Waals surface area contributed by atoms with Gasteiger partial charge in [-0.05, 0) is 38.2 Å². The first kappa shape index (κ1) is 12.9. The largest absolute Gasteiger partial charge is 0.383 e. The van der Waals surface area contributed by atoms with E-state index in [-0.39, 0.29) is 0 Å². The molecule has 0 saturated carbocycles. The van der Waals surface area contributed by atoms with Crippen LogP contribution in [0.4, 0.5) is 5.69 Å². The Kier molecular flexibility index (Phi) is 5.14. The molecular formula is C11H17N3OS. The monoisotopic (exact) mass is 239 g/mol. The van der Waals surface area contributed by atoms with Gasteiger partial charge in [0, 0.05) is 19.3 Å². The number of aromatic nitrogens is 1. The zero-order valence-corrected chi connectivity index (χ0v) is 10.6. The average molecular weight is 239 g/mol. The highest BCUT2D eigenvalue weighted by Crippen LogP contribution is 2.11. The highest BCUT2D eigenvalue weighted by atomic mass is 32.1. The summed E-state index contributed by atoms with van der Waals surface area (Å²) in [5.74, 6) is 0. The molecule has 0 aliphatic carbocycles. The molecule has 2 N–H and O–H groups in total. The highest BCUT2D eigenvalue weighted by molar-refractivity contribution is 7.80. The lowest BCUT2D eigenvalue weighted by molar-refractivity contribution is 0.204. The third-order valence-corrected chi connectivity index (χ3v) is 2.31. The van der Waals surface area contributed by atoms with Crippen molar-refractivity contribution in [2.75, 3.05) is 25.6 Å². The SMILES string of the molecule is COCCNC(=S)Nc1ccc(C)nc1C. The van der Waals surface area contributed by atoms with E-state index in [1.54, 1.807) is 7.11 Å². The number of nitrogens with zero attached hydrogens (tertiary/aromatic N) is 1. The van der Waals surface area contributed by atoms with Gasteiger partial charge in [-0.3, -0.25) is 4.98 Å². The Morgan fingerprint density at radius 3 is 2.81 bits per heavy atom. The lowest BCUT2D eigenvalue weighted by Crippen LogP contribution is -2.31. The van der Waals surface area contributed by atoms with Crippen LogP contribution in [0.1, 0.15) is 11.4 Å². The number of hydrogen-bond acceptors (Lipinski definition) is 3. The van der Waals surface area contributed by atoms with E-state index in [1.165, 1.54) is 0 Å². The molecular weight excluding hydrogens is 222 g/mol. The zero-order valence-electron chi connectivity index (χ0n) is 9.83. The molecule has 88 valence electrons. The van der Waals surface area contributed by atoms with Crippen molar-refractivity contribution >= 4 is 23.0 Å². The Morgan fingerprint density at radius 2 is 2.19 bits per heavy atom. The van der Waals surface area contributed by atoms with E-state index in [1.807, 2.05) is 26.0 Å². The number of ether oxygens (including phenoxy) is 1. The summed E-state index contributed by atoms with van der Waals surface area (Å²) in [7, 11) is 1.66. The lowest BCUT2D eigenvalue weighted by atomic mass is 10.3. The van der Waals surface area contributed by atoms with Crippen molar-refractivity contribution in [2.24, 2.45) is 0 Å². The van der Waals surface area contributed by atoms with Crippen LogP contribution in [0.5, 0.6) is 0 Å². The van der Waals surface area contributed by atoms with Crippen LogP contribution in [-0.4, -0.2) is 30.4 Å². The van der Waals surface area contributed by atoms with Gasteiger partial charge in [0.25, 0.3) is 0 Å². The quantitative estimate of drug-likeness (QED) is 0.618. The van der Waals surface area contributed by atoms with E-state index in [0.29, 0.717) is 18.3 Å². The summed E-state index contributed by atoms with van der Waals surface area (Å²) < 4.78 is 4.92. The number of rotatable bonds is 4. The highest BCUT2D eigenvalue weighted by Gasteiger charge is 2.01. The molecule has 1 aromatic rings. The van der Waals surface area contributed by atoms with Gasteiger partial charge in [-0.15, -0.1) is 0 Å². The molecule has 0 aliphatic heterocycles. The summed E-state index contributed by atoms with van der Waals surface area (Å²) in [5.41, 5.74) is 2.87. The Hall–Kier alpha value is -1.20. The smallest absolute Gasteiger partial charge is 0.170 e. The van der Waals surface area contributed by atoms with Crippen molar-refractivity contribution in [3.05, 3.63) is 23.5 Å². The number of methoxy groups -OCH3 is 1. The number of nitrogens with one attached hydrogen (secondary N) is 2. The minimum absolute atomic E-state index is 0.589. The molecule has 1 rings (SSSR count). The first-order valence-corrected chi connectivity index (χ1v) is 5.52. The van der Waals surface area contributed by atoms with Gasteiger partial charge in [-0.25, -0.2) is 0 Å². The normalized spacial score (nSPS) is 9.94. The van der Waals surface area contributed by atoms with Gasteiger partial charge < -0.3 is 15.4 Å². The van der Waals surface area contributed by atoms with Gasteiger partial charge in [0.05, 0.1) is 18.0 Å². The third kappa shape index (κ3) is 4.12. The Bertz CT molecular complexity index is 368. The maximum absolute atomic E-state index is 5.14. The topological polar surface area (TPSA) is 46.2 Å². The second kappa shape index (κ2) is 6.40. The summed E-state index contributed by atoms with van der Waals surface area (Å²) >= 11 is 5.14. The van der Waals surface area contributed by atoms with Crippen LogP contribution in [-0.2, 0) is 4.74 Å². The molecule has 5 heteroatoms. The van der Waals surface area contributed by atoms with E-state index in [4.69, 9.17) is 17.0 Å². The molecule has 0 fully saturated rings. The molecule has 0 atom stereocenters.